The van der Waals surface area contributed by atoms with E-state index in [-0.39, 0.29) is 11.3 Å². The molecule has 0 radical (unpaired) electrons. The van der Waals surface area contributed by atoms with Crippen molar-refractivity contribution < 1.29 is 24.2 Å². The quantitative estimate of drug-likeness (QED) is 0.310. The van der Waals surface area contributed by atoms with E-state index in [4.69, 9.17) is 9.47 Å². The van der Waals surface area contributed by atoms with Gasteiger partial charge in [-0.25, -0.2) is 0 Å². The molecule has 174 valence electrons. The lowest BCUT2D eigenvalue weighted by molar-refractivity contribution is -0.139. The first-order chi connectivity index (χ1) is 16.5. The van der Waals surface area contributed by atoms with Crippen LogP contribution < -0.4 is 9.47 Å². The third kappa shape index (κ3) is 4.50. The smallest absolute Gasteiger partial charge is 0.295 e. The molecule has 7 heteroatoms. The maximum Gasteiger partial charge on any atom is 0.295 e. The lowest BCUT2D eigenvalue weighted by Gasteiger charge is -2.26. The van der Waals surface area contributed by atoms with E-state index in [9.17, 15) is 14.7 Å². The molecule has 3 aromatic rings. The van der Waals surface area contributed by atoms with Gasteiger partial charge in [0.1, 0.15) is 5.76 Å². The van der Waals surface area contributed by atoms with Crippen LogP contribution in [0.2, 0.25) is 0 Å². The summed E-state index contributed by atoms with van der Waals surface area (Å²) in [5, 5.41) is 11.1. The number of benzene rings is 2. The highest BCUT2D eigenvalue weighted by atomic mass is 16.5. The molecule has 0 saturated carbocycles. The number of aliphatic hydroxyl groups excluding tert-OH is 1. The molecule has 1 fully saturated rings. The van der Waals surface area contributed by atoms with E-state index in [2.05, 4.69) is 4.98 Å². The Labute approximate surface area is 198 Å². The second-order valence-corrected chi connectivity index (χ2v) is 7.81. The Kier molecular flexibility index (Phi) is 6.92. The molecule has 1 aromatic heterocycles. The van der Waals surface area contributed by atoms with E-state index in [1.165, 1.54) is 24.4 Å². The Hall–Kier alpha value is -4.13. The minimum Gasteiger partial charge on any atom is -0.507 e. The van der Waals surface area contributed by atoms with Gasteiger partial charge in [-0.2, -0.15) is 0 Å². The number of ether oxygens (including phenoxy) is 2. The standard InChI is InChI=1S/C27H26N2O5/c1-3-34-21-10-9-20(17-22(21)33-2)24-23(25(30)19-11-14-28-15-12-19)26(31)27(32)29(24)16-13-18-7-5-4-6-8-18/h4-12,14-15,17,24,30H,3,13,16H2,1-2H3/b25-23+. The summed E-state index contributed by atoms with van der Waals surface area (Å²) in [6.07, 6.45) is 3.61. The molecule has 2 heterocycles. The van der Waals surface area contributed by atoms with Crippen LogP contribution in [0.5, 0.6) is 11.5 Å². The van der Waals surface area contributed by atoms with Crippen molar-refractivity contribution in [3.8, 4) is 11.5 Å². The molecule has 7 nitrogen and oxygen atoms in total. The molecule has 0 spiro atoms. The van der Waals surface area contributed by atoms with E-state index in [0.29, 0.717) is 42.2 Å². The lowest BCUT2D eigenvalue weighted by atomic mass is 9.95. The largest absolute Gasteiger partial charge is 0.507 e. The molecule has 0 aliphatic carbocycles. The van der Waals surface area contributed by atoms with Gasteiger partial charge in [0.15, 0.2) is 11.5 Å². The topological polar surface area (TPSA) is 89.0 Å². The SMILES string of the molecule is CCOc1ccc(C2/C(=C(\O)c3ccncc3)C(=O)C(=O)N2CCc2ccccc2)cc1OC. The Balaban J connectivity index is 1.81. The molecular formula is C27H26N2O5. The molecule has 1 unspecified atom stereocenters. The zero-order valence-corrected chi connectivity index (χ0v) is 19.1. The second-order valence-electron chi connectivity index (χ2n) is 7.81. The zero-order chi connectivity index (χ0) is 24.1. The number of nitrogens with zero attached hydrogens (tertiary/aromatic N) is 2. The van der Waals surface area contributed by atoms with Gasteiger partial charge in [0, 0.05) is 24.5 Å². The van der Waals surface area contributed by atoms with Gasteiger partial charge in [-0.15, -0.1) is 0 Å². The minimum absolute atomic E-state index is 0.0375. The first-order valence-electron chi connectivity index (χ1n) is 11.1. The van der Waals surface area contributed by atoms with Crippen molar-refractivity contribution in [2.45, 2.75) is 19.4 Å². The number of hydrogen-bond donors (Lipinski definition) is 1. The van der Waals surface area contributed by atoms with Gasteiger partial charge in [-0.1, -0.05) is 36.4 Å². The predicted octanol–water partition coefficient (Wildman–Crippen LogP) is 4.15. The maximum absolute atomic E-state index is 13.2. The number of hydrogen-bond acceptors (Lipinski definition) is 6. The first kappa shape index (κ1) is 23.0. The van der Waals surface area contributed by atoms with E-state index in [0.717, 1.165) is 5.56 Å². The Morgan fingerprint density at radius 1 is 1.03 bits per heavy atom. The van der Waals surface area contributed by atoms with Crippen molar-refractivity contribution in [2.24, 2.45) is 0 Å². The first-order valence-corrected chi connectivity index (χ1v) is 11.1. The second kappa shape index (κ2) is 10.2. The van der Waals surface area contributed by atoms with E-state index >= 15 is 0 Å². The normalized spacial score (nSPS) is 17.1. The number of carbonyl (C=O) groups is 2. The maximum atomic E-state index is 13.2. The van der Waals surface area contributed by atoms with Crippen LogP contribution in [-0.2, 0) is 16.0 Å². The summed E-state index contributed by atoms with van der Waals surface area (Å²) in [5.41, 5.74) is 2.14. The van der Waals surface area contributed by atoms with Gasteiger partial charge < -0.3 is 19.5 Å². The molecule has 1 atom stereocenters. The van der Waals surface area contributed by atoms with Crippen LogP contribution >= 0.6 is 0 Å². The van der Waals surface area contributed by atoms with Crippen molar-refractivity contribution in [3.05, 3.63) is 95.3 Å². The number of aromatic nitrogens is 1. The summed E-state index contributed by atoms with van der Waals surface area (Å²) in [7, 11) is 1.53. The predicted molar refractivity (Wildman–Crippen MR) is 128 cm³/mol. The van der Waals surface area contributed by atoms with Crippen LogP contribution in [0.1, 0.15) is 29.7 Å². The van der Waals surface area contributed by atoms with Gasteiger partial charge in [0.05, 0.1) is 25.3 Å². The van der Waals surface area contributed by atoms with Crippen LogP contribution in [0.4, 0.5) is 0 Å². The number of amides is 1. The van der Waals surface area contributed by atoms with Crippen LogP contribution in [0.25, 0.3) is 5.76 Å². The van der Waals surface area contributed by atoms with Crippen LogP contribution in [0.3, 0.4) is 0 Å². The number of methoxy groups -OCH3 is 1. The molecule has 0 bridgehead atoms. The number of likely N-dealkylation sites (tertiary alicyclic amines) is 1. The minimum atomic E-state index is -0.776. The zero-order valence-electron chi connectivity index (χ0n) is 19.1. The Morgan fingerprint density at radius 2 is 1.76 bits per heavy atom. The molecule has 1 aliphatic rings. The summed E-state index contributed by atoms with van der Waals surface area (Å²) in [6.45, 7) is 2.65. The number of pyridine rings is 1. The van der Waals surface area contributed by atoms with Crippen molar-refractivity contribution in [1.29, 1.82) is 0 Å². The van der Waals surface area contributed by atoms with Crippen LogP contribution in [-0.4, -0.2) is 46.9 Å². The fourth-order valence-corrected chi connectivity index (χ4v) is 4.15. The highest BCUT2D eigenvalue weighted by Crippen LogP contribution is 2.42. The fourth-order valence-electron chi connectivity index (χ4n) is 4.15. The van der Waals surface area contributed by atoms with Crippen LogP contribution in [0.15, 0.2) is 78.6 Å². The van der Waals surface area contributed by atoms with Crippen molar-refractivity contribution in [3.63, 3.8) is 0 Å². The Morgan fingerprint density at radius 3 is 2.44 bits per heavy atom. The van der Waals surface area contributed by atoms with E-state index < -0.39 is 17.7 Å². The van der Waals surface area contributed by atoms with Crippen molar-refractivity contribution in [2.75, 3.05) is 20.3 Å². The average Bonchev–Trinajstić information content (AvgIpc) is 3.13. The molecule has 1 N–H and O–H groups in total. The highest BCUT2D eigenvalue weighted by Gasteiger charge is 2.46. The summed E-state index contributed by atoms with van der Waals surface area (Å²) in [5.74, 6) is -0.563. The van der Waals surface area contributed by atoms with E-state index in [1.54, 1.807) is 30.3 Å². The van der Waals surface area contributed by atoms with Gasteiger partial charge in [0.25, 0.3) is 11.7 Å². The van der Waals surface area contributed by atoms with Crippen LogP contribution in [0, 0.1) is 0 Å². The molecule has 34 heavy (non-hydrogen) atoms. The third-order valence-electron chi connectivity index (χ3n) is 5.78. The monoisotopic (exact) mass is 458 g/mol. The van der Waals surface area contributed by atoms with Gasteiger partial charge in [0.2, 0.25) is 0 Å². The molecule has 1 aliphatic heterocycles. The number of Topliss-reactive ketones (excluding diaryl/α,β-unsaturated/α-hetero) is 1. The fraction of sp³-hybridized carbons (Fsp3) is 0.222. The summed E-state index contributed by atoms with van der Waals surface area (Å²) >= 11 is 0. The summed E-state index contributed by atoms with van der Waals surface area (Å²) in [6, 6.07) is 17.5. The van der Waals surface area contributed by atoms with Gasteiger partial charge in [-0.3, -0.25) is 14.6 Å². The highest BCUT2D eigenvalue weighted by molar-refractivity contribution is 6.46. The molecule has 1 saturated heterocycles. The summed E-state index contributed by atoms with van der Waals surface area (Å²) < 4.78 is 11.1. The lowest BCUT2D eigenvalue weighted by Crippen LogP contribution is -2.31. The molecule has 4 rings (SSSR count). The number of ketones is 1. The van der Waals surface area contributed by atoms with Crippen molar-refractivity contribution in [1.82, 2.24) is 9.88 Å². The Bertz CT molecular complexity index is 1210. The molecular weight excluding hydrogens is 432 g/mol. The third-order valence-corrected chi connectivity index (χ3v) is 5.78. The number of aliphatic hydroxyl groups is 1. The van der Waals surface area contributed by atoms with Gasteiger partial charge in [-0.05, 0) is 48.7 Å². The number of rotatable bonds is 8. The number of carbonyl (C=O) groups excluding carboxylic acids is 2. The average molecular weight is 459 g/mol. The molecule has 1 amide bonds. The van der Waals surface area contributed by atoms with E-state index in [1.807, 2.05) is 37.3 Å². The molecule has 2 aromatic carbocycles. The van der Waals surface area contributed by atoms with Crippen molar-refractivity contribution >= 4 is 17.4 Å². The van der Waals surface area contributed by atoms with Gasteiger partial charge >= 0.3 is 0 Å². The summed E-state index contributed by atoms with van der Waals surface area (Å²) in [4.78, 5) is 31.8.